The minimum atomic E-state index is -0.544. The SMILES string of the molecule is C=C/C(Br)=C\C=C1/CC(N(C)c2ccc(C(C)(C)C#N)cc2)=C(N(C)C=O)C=N1. The number of halogens is 1. The van der Waals surface area contributed by atoms with Gasteiger partial charge < -0.3 is 9.80 Å². The Morgan fingerprint density at radius 2 is 1.97 bits per heavy atom. The highest BCUT2D eigenvalue weighted by molar-refractivity contribution is 9.11. The van der Waals surface area contributed by atoms with E-state index in [1.807, 2.05) is 62.2 Å². The molecule has 29 heavy (non-hydrogen) atoms. The molecule has 0 bridgehead atoms. The fraction of sp³-hybridized carbons (Fsp3) is 0.261. The van der Waals surface area contributed by atoms with Gasteiger partial charge in [0.1, 0.15) is 0 Å². The molecule has 0 atom stereocenters. The monoisotopic (exact) mass is 452 g/mol. The van der Waals surface area contributed by atoms with Gasteiger partial charge >= 0.3 is 0 Å². The maximum Gasteiger partial charge on any atom is 0.213 e. The first-order chi connectivity index (χ1) is 13.7. The number of anilines is 1. The number of amides is 1. The highest BCUT2D eigenvalue weighted by atomic mass is 79.9. The molecule has 0 unspecified atom stereocenters. The molecule has 150 valence electrons. The van der Waals surface area contributed by atoms with Crippen LogP contribution in [0.15, 0.2) is 75.6 Å². The molecule has 0 fully saturated rings. The smallest absolute Gasteiger partial charge is 0.213 e. The van der Waals surface area contributed by atoms with E-state index < -0.39 is 5.41 Å². The molecular weight excluding hydrogens is 428 g/mol. The molecule has 6 heteroatoms. The molecule has 1 amide bonds. The fourth-order valence-corrected chi connectivity index (χ4v) is 2.97. The summed E-state index contributed by atoms with van der Waals surface area (Å²) >= 11 is 3.41. The van der Waals surface area contributed by atoms with Crippen molar-refractivity contribution >= 4 is 34.2 Å². The largest absolute Gasteiger partial charge is 0.346 e. The van der Waals surface area contributed by atoms with Gasteiger partial charge in [0.2, 0.25) is 6.41 Å². The zero-order valence-corrected chi connectivity index (χ0v) is 18.8. The van der Waals surface area contributed by atoms with Gasteiger partial charge in [-0.1, -0.05) is 40.7 Å². The third-order valence-corrected chi connectivity index (χ3v) is 5.41. The Morgan fingerprint density at radius 1 is 1.31 bits per heavy atom. The van der Waals surface area contributed by atoms with Gasteiger partial charge in [0, 0.05) is 42.1 Å². The molecular formula is C23H25BrN4O. The van der Waals surface area contributed by atoms with Crippen LogP contribution < -0.4 is 4.90 Å². The number of rotatable bonds is 7. The Balaban J connectivity index is 2.41. The lowest BCUT2D eigenvalue weighted by atomic mass is 9.86. The lowest BCUT2D eigenvalue weighted by Crippen LogP contribution is -2.28. The number of carbonyl (C=O) groups excluding carboxylic acids is 1. The molecule has 0 aliphatic carbocycles. The van der Waals surface area contributed by atoms with E-state index in [-0.39, 0.29) is 0 Å². The molecule has 1 aliphatic heterocycles. The predicted octanol–water partition coefficient (Wildman–Crippen LogP) is 5.05. The van der Waals surface area contributed by atoms with Crippen molar-refractivity contribution < 1.29 is 4.79 Å². The zero-order valence-electron chi connectivity index (χ0n) is 17.2. The van der Waals surface area contributed by atoms with Crippen molar-refractivity contribution in [1.82, 2.24) is 4.90 Å². The van der Waals surface area contributed by atoms with E-state index in [9.17, 15) is 10.1 Å². The normalized spacial score (nSPS) is 15.9. The molecule has 0 spiro atoms. The summed E-state index contributed by atoms with van der Waals surface area (Å²) in [6, 6.07) is 10.2. The number of allylic oxidation sites excluding steroid dienone is 5. The van der Waals surface area contributed by atoms with Crippen molar-refractivity contribution in [3.8, 4) is 6.07 Å². The van der Waals surface area contributed by atoms with Gasteiger partial charge in [-0.05, 0) is 43.7 Å². The van der Waals surface area contributed by atoms with Crippen molar-refractivity contribution in [3.05, 3.63) is 76.2 Å². The molecule has 2 rings (SSSR count). The van der Waals surface area contributed by atoms with Crippen LogP contribution in [-0.4, -0.2) is 31.6 Å². The summed E-state index contributed by atoms with van der Waals surface area (Å²) in [5.74, 6) is 0. The summed E-state index contributed by atoms with van der Waals surface area (Å²) in [5.41, 5.74) is 3.95. The maximum absolute atomic E-state index is 11.4. The number of hydrogen-bond acceptors (Lipinski definition) is 4. The van der Waals surface area contributed by atoms with Crippen molar-refractivity contribution in [2.75, 3.05) is 19.0 Å². The Kier molecular flexibility index (Phi) is 7.35. The molecule has 0 saturated heterocycles. The van der Waals surface area contributed by atoms with Crippen molar-refractivity contribution in [2.45, 2.75) is 25.7 Å². The number of aliphatic imine (C=N–C) groups is 1. The predicted molar refractivity (Wildman–Crippen MR) is 123 cm³/mol. The van der Waals surface area contributed by atoms with Gasteiger partial charge in [-0.2, -0.15) is 5.26 Å². The van der Waals surface area contributed by atoms with E-state index in [0.717, 1.165) is 39.2 Å². The minimum Gasteiger partial charge on any atom is -0.346 e. The molecule has 0 radical (unpaired) electrons. The Morgan fingerprint density at radius 3 is 2.52 bits per heavy atom. The van der Waals surface area contributed by atoms with Crippen molar-refractivity contribution in [3.63, 3.8) is 0 Å². The second-order valence-electron chi connectivity index (χ2n) is 7.24. The first-order valence-electron chi connectivity index (χ1n) is 9.13. The topological polar surface area (TPSA) is 59.7 Å². The molecule has 0 aromatic heterocycles. The van der Waals surface area contributed by atoms with Crippen molar-refractivity contribution in [2.24, 2.45) is 4.99 Å². The van der Waals surface area contributed by atoms with Crippen LogP contribution in [0.25, 0.3) is 0 Å². The first-order valence-corrected chi connectivity index (χ1v) is 9.92. The molecule has 1 aliphatic rings. The van der Waals surface area contributed by atoms with E-state index in [1.54, 1.807) is 19.3 Å². The fourth-order valence-electron chi connectivity index (χ4n) is 2.84. The number of dihydropyridines is 1. The van der Waals surface area contributed by atoms with Gasteiger partial charge in [0.15, 0.2) is 0 Å². The lowest BCUT2D eigenvalue weighted by molar-refractivity contribution is -0.115. The van der Waals surface area contributed by atoms with E-state index in [2.05, 4.69) is 33.6 Å². The van der Waals surface area contributed by atoms with Crippen LogP contribution in [0.4, 0.5) is 5.69 Å². The zero-order chi connectivity index (χ0) is 21.6. The number of nitrogens with zero attached hydrogens (tertiary/aromatic N) is 4. The summed E-state index contributed by atoms with van der Waals surface area (Å²) in [6.45, 7) is 7.51. The highest BCUT2D eigenvalue weighted by Crippen LogP contribution is 2.30. The van der Waals surface area contributed by atoms with Crippen LogP contribution in [-0.2, 0) is 10.2 Å². The second-order valence-corrected chi connectivity index (χ2v) is 8.16. The standard InChI is InChI=1S/C23H25BrN4O/c1-6-18(24)9-10-19-13-21(22(14-26-19)27(4)16-29)28(5)20-11-7-17(8-12-20)23(2,3)15-25/h6-12,14,16H,1,13H2,2-5H3/b18-9+,19-10+. The van der Waals surface area contributed by atoms with E-state index >= 15 is 0 Å². The summed E-state index contributed by atoms with van der Waals surface area (Å²) in [7, 11) is 3.67. The number of carbonyl (C=O) groups is 1. The van der Waals surface area contributed by atoms with Crippen LogP contribution in [0.5, 0.6) is 0 Å². The van der Waals surface area contributed by atoms with Gasteiger partial charge in [0.05, 0.1) is 23.4 Å². The van der Waals surface area contributed by atoms with Crippen molar-refractivity contribution in [1.29, 1.82) is 5.26 Å². The number of nitriles is 1. The van der Waals surface area contributed by atoms with Gasteiger partial charge in [-0.15, -0.1) is 0 Å². The maximum atomic E-state index is 11.4. The summed E-state index contributed by atoms with van der Waals surface area (Å²) in [4.78, 5) is 19.4. The average Bonchev–Trinajstić information content (AvgIpc) is 2.76. The first kappa shape index (κ1) is 22.4. The van der Waals surface area contributed by atoms with E-state index in [4.69, 9.17) is 0 Å². The quantitative estimate of drug-likeness (QED) is 0.429. The average molecular weight is 453 g/mol. The molecule has 1 aromatic rings. The van der Waals surface area contributed by atoms with E-state index in [0.29, 0.717) is 6.42 Å². The lowest BCUT2D eigenvalue weighted by Gasteiger charge is -2.30. The minimum absolute atomic E-state index is 0.544. The molecule has 0 saturated carbocycles. The molecule has 0 N–H and O–H groups in total. The summed E-state index contributed by atoms with van der Waals surface area (Å²) in [5, 5.41) is 9.35. The van der Waals surface area contributed by atoms with Crippen LogP contribution in [0.2, 0.25) is 0 Å². The molecule has 1 heterocycles. The second kappa shape index (κ2) is 9.53. The third kappa shape index (κ3) is 5.33. The van der Waals surface area contributed by atoms with Crippen LogP contribution in [0.3, 0.4) is 0 Å². The number of hydrogen-bond donors (Lipinski definition) is 0. The summed E-state index contributed by atoms with van der Waals surface area (Å²) < 4.78 is 0.866. The van der Waals surface area contributed by atoms with Crippen LogP contribution in [0, 0.1) is 11.3 Å². The van der Waals surface area contributed by atoms with Gasteiger partial charge in [-0.25, -0.2) is 0 Å². The van der Waals surface area contributed by atoms with Gasteiger partial charge in [0.25, 0.3) is 0 Å². The Bertz CT molecular complexity index is 946. The summed E-state index contributed by atoms with van der Waals surface area (Å²) in [6.07, 6.45) is 8.58. The van der Waals surface area contributed by atoms with Gasteiger partial charge in [-0.3, -0.25) is 9.79 Å². The third-order valence-electron chi connectivity index (χ3n) is 4.83. The number of benzene rings is 1. The Hall–Kier alpha value is -2.91. The molecule has 5 nitrogen and oxygen atoms in total. The molecule has 1 aromatic carbocycles. The Labute approximate surface area is 181 Å². The van der Waals surface area contributed by atoms with Crippen LogP contribution >= 0.6 is 15.9 Å². The van der Waals surface area contributed by atoms with Crippen LogP contribution in [0.1, 0.15) is 25.8 Å². The highest BCUT2D eigenvalue weighted by Gasteiger charge is 2.22. The van der Waals surface area contributed by atoms with E-state index in [1.165, 1.54) is 4.90 Å².